The highest BCUT2D eigenvalue weighted by Crippen LogP contribution is 2.16. The summed E-state index contributed by atoms with van der Waals surface area (Å²) < 4.78 is 4.87. The van der Waals surface area contributed by atoms with E-state index in [9.17, 15) is 4.79 Å². The molecule has 4 heteroatoms. The molecule has 0 bridgehead atoms. The van der Waals surface area contributed by atoms with Gasteiger partial charge in [0.25, 0.3) is 0 Å². The van der Waals surface area contributed by atoms with E-state index >= 15 is 0 Å². The van der Waals surface area contributed by atoms with Crippen LogP contribution in [0.3, 0.4) is 0 Å². The Morgan fingerprint density at radius 3 is 3.23 bits per heavy atom. The van der Waals surface area contributed by atoms with Gasteiger partial charge in [-0.3, -0.25) is 9.78 Å². The number of aromatic nitrogens is 2. The number of nitrogens with one attached hydrogen (secondary N) is 1. The van der Waals surface area contributed by atoms with Gasteiger partial charge in [0.05, 0.1) is 17.2 Å². The summed E-state index contributed by atoms with van der Waals surface area (Å²) >= 11 is 0. The number of pyridine rings is 1. The van der Waals surface area contributed by atoms with Crippen molar-refractivity contribution in [1.29, 1.82) is 0 Å². The zero-order valence-electron chi connectivity index (χ0n) is 7.07. The third-order valence-electron chi connectivity index (χ3n) is 1.64. The van der Waals surface area contributed by atoms with Crippen molar-refractivity contribution in [2.24, 2.45) is 0 Å². The first-order chi connectivity index (χ1) is 6.25. The van der Waals surface area contributed by atoms with Crippen molar-refractivity contribution in [3.63, 3.8) is 0 Å². The molecule has 2 rings (SSSR count). The standard InChI is InChI=1S/C9H8N2O2/c1-6(12)13-7-4-9-8(11-5-7)2-3-10-9/h2-5,10H,1H3. The summed E-state index contributed by atoms with van der Waals surface area (Å²) in [6, 6.07) is 3.59. The number of hydrogen-bond acceptors (Lipinski definition) is 3. The van der Waals surface area contributed by atoms with E-state index in [2.05, 4.69) is 9.97 Å². The molecule has 2 aromatic heterocycles. The highest BCUT2D eigenvalue weighted by molar-refractivity contribution is 5.77. The predicted molar refractivity (Wildman–Crippen MR) is 47.4 cm³/mol. The number of aromatic amines is 1. The van der Waals surface area contributed by atoms with Gasteiger partial charge in [0.1, 0.15) is 0 Å². The smallest absolute Gasteiger partial charge is 0.308 e. The van der Waals surface area contributed by atoms with Crippen molar-refractivity contribution in [3.8, 4) is 5.75 Å². The van der Waals surface area contributed by atoms with Crippen LogP contribution in [-0.4, -0.2) is 15.9 Å². The summed E-state index contributed by atoms with van der Waals surface area (Å²) in [6.45, 7) is 1.36. The Bertz CT molecular complexity index is 448. The molecule has 0 atom stereocenters. The van der Waals surface area contributed by atoms with E-state index in [1.807, 2.05) is 6.07 Å². The van der Waals surface area contributed by atoms with Gasteiger partial charge >= 0.3 is 5.97 Å². The van der Waals surface area contributed by atoms with Crippen molar-refractivity contribution in [2.75, 3.05) is 0 Å². The predicted octanol–water partition coefficient (Wildman–Crippen LogP) is 1.49. The molecule has 4 nitrogen and oxygen atoms in total. The summed E-state index contributed by atoms with van der Waals surface area (Å²) in [5, 5.41) is 0. The van der Waals surface area contributed by atoms with Crippen molar-refractivity contribution in [3.05, 3.63) is 24.5 Å². The van der Waals surface area contributed by atoms with E-state index in [1.165, 1.54) is 13.1 Å². The molecule has 1 N–H and O–H groups in total. The minimum atomic E-state index is -0.340. The molecular weight excluding hydrogens is 168 g/mol. The Morgan fingerprint density at radius 1 is 1.62 bits per heavy atom. The van der Waals surface area contributed by atoms with Crippen LogP contribution in [0.15, 0.2) is 24.5 Å². The van der Waals surface area contributed by atoms with Crippen LogP contribution in [0, 0.1) is 0 Å². The summed E-state index contributed by atoms with van der Waals surface area (Å²) in [4.78, 5) is 17.7. The fourth-order valence-electron chi connectivity index (χ4n) is 1.14. The van der Waals surface area contributed by atoms with E-state index in [1.54, 1.807) is 12.3 Å². The number of carbonyl (C=O) groups is 1. The van der Waals surface area contributed by atoms with Crippen LogP contribution >= 0.6 is 0 Å². The normalized spacial score (nSPS) is 10.2. The average molecular weight is 176 g/mol. The highest BCUT2D eigenvalue weighted by Gasteiger charge is 2.00. The second-order valence-electron chi connectivity index (χ2n) is 2.68. The number of carbonyl (C=O) groups excluding carboxylic acids is 1. The summed E-state index contributed by atoms with van der Waals surface area (Å²) in [6.07, 6.45) is 3.31. The SMILES string of the molecule is CC(=O)Oc1cnc2cc[nH]c2c1. The summed E-state index contributed by atoms with van der Waals surface area (Å²) in [5.41, 5.74) is 1.72. The number of H-pyrrole nitrogens is 1. The molecule has 0 aromatic carbocycles. The maximum atomic E-state index is 10.6. The quantitative estimate of drug-likeness (QED) is 0.669. The van der Waals surface area contributed by atoms with Crippen molar-refractivity contribution >= 4 is 17.0 Å². The van der Waals surface area contributed by atoms with E-state index in [0.717, 1.165) is 11.0 Å². The van der Waals surface area contributed by atoms with E-state index < -0.39 is 0 Å². The molecular formula is C9H8N2O2. The number of esters is 1. The van der Waals surface area contributed by atoms with Crippen LogP contribution in [0.25, 0.3) is 11.0 Å². The van der Waals surface area contributed by atoms with Gasteiger partial charge in [0, 0.05) is 19.2 Å². The Kier molecular flexibility index (Phi) is 1.73. The van der Waals surface area contributed by atoms with Crippen LogP contribution in [0.1, 0.15) is 6.92 Å². The first-order valence-corrected chi connectivity index (χ1v) is 3.87. The monoisotopic (exact) mass is 176 g/mol. The van der Waals surface area contributed by atoms with Gasteiger partial charge in [-0.25, -0.2) is 0 Å². The maximum absolute atomic E-state index is 10.6. The maximum Gasteiger partial charge on any atom is 0.308 e. The fraction of sp³-hybridized carbons (Fsp3) is 0.111. The lowest BCUT2D eigenvalue weighted by Gasteiger charge is -1.99. The lowest BCUT2D eigenvalue weighted by molar-refractivity contribution is -0.131. The number of hydrogen-bond donors (Lipinski definition) is 1. The Labute approximate surface area is 74.5 Å². The third-order valence-corrected chi connectivity index (χ3v) is 1.64. The van der Waals surface area contributed by atoms with Gasteiger partial charge in [-0.2, -0.15) is 0 Å². The molecule has 13 heavy (non-hydrogen) atoms. The van der Waals surface area contributed by atoms with Gasteiger partial charge in [-0.05, 0) is 6.07 Å². The number of nitrogens with zero attached hydrogens (tertiary/aromatic N) is 1. The van der Waals surface area contributed by atoms with E-state index in [-0.39, 0.29) is 5.97 Å². The Morgan fingerprint density at radius 2 is 2.46 bits per heavy atom. The van der Waals surface area contributed by atoms with Gasteiger partial charge in [0.15, 0.2) is 5.75 Å². The minimum Gasteiger partial charge on any atom is -0.425 e. The highest BCUT2D eigenvalue weighted by atomic mass is 16.5. The van der Waals surface area contributed by atoms with Gasteiger partial charge in [0.2, 0.25) is 0 Å². The summed E-state index contributed by atoms with van der Waals surface area (Å²) in [7, 11) is 0. The molecule has 0 amide bonds. The van der Waals surface area contributed by atoms with Crippen LogP contribution in [0.4, 0.5) is 0 Å². The zero-order chi connectivity index (χ0) is 9.26. The van der Waals surface area contributed by atoms with Gasteiger partial charge in [-0.15, -0.1) is 0 Å². The first kappa shape index (κ1) is 7.79. The van der Waals surface area contributed by atoms with E-state index in [4.69, 9.17) is 4.74 Å². The molecule has 0 saturated heterocycles. The average Bonchev–Trinajstić information content (AvgIpc) is 2.49. The van der Waals surface area contributed by atoms with Crippen LogP contribution < -0.4 is 4.74 Å². The fourth-order valence-corrected chi connectivity index (χ4v) is 1.14. The third kappa shape index (κ3) is 1.51. The van der Waals surface area contributed by atoms with Gasteiger partial charge in [-0.1, -0.05) is 0 Å². The number of fused-ring (bicyclic) bond motifs is 1. The van der Waals surface area contributed by atoms with Crippen LogP contribution in [0.2, 0.25) is 0 Å². The molecule has 0 spiro atoms. The Hall–Kier alpha value is -1.84. The molecule has 0 aliphatic rings. The first-order valence-electron chi connectivity index (χ1n) is 3.87. The molecule has 66 valence electrons. The number of ether oxygens (including phenoxy) is 1. The van der Waals surface area contributed by atoms with Crippen LogP contribution in [-0.2, 0) is 4.79 Å². The van der Waals surface area contributed by atoms with Crippen molar-refractivity contribution in [1.82, 2.24) is 9.97 Å². The second-order valence-corrected chi connectivity index (χ2v) is 2.68. The molecule has 0 fully saturated rings. The molecule has 0 saturated carbocycles. The summed E-state index contributed by atoms with van der Waals surface area (Å²) in [5.74, 6) is 0.121. The van der Waals surface area contributed by atoms with Crippen molar-refractivity contribution < 1.29 is 9.53 Å². The van der Waals surface area contributed by atoms with Crippen LogP contribution in [0.5, 0.6) is 5.75 Å². The molecule has 0 aliphatic heterocycles. The minimum absolute atomic E-state index is 0.340. The zero-order valence-corrected chi connectivity index (χ0v) is 7.07. The van der Waals surface area contributed by atoms with E-state index in [0.29, 0.717) is 5.75 Å². The van der Waals surface area contributed by atoms with Crippen molar-refractivity contribution in [2.45, 2.75) is 6.92 Å². The topological polar surface area (TPSA) is 55.0 Å². The Balaban J connectivity index is 2.42. The lowest BCUT2D eigenvalue weighted by atomic mass is 10.4. The molecule has 0 radical (unpaired) electrons. The number of rotatable bonds is 1. The molecule has 0 unspecified atom stereocenters. The second kappa shape index (κ2) is 2.90. The van der Waals surface area contributed by atoms with Gasteiger partial charge < -0.3 is 9.72 Å². The lowest BCUT2D eigenvalue weighted by Crippen LogP contribution is -2.01. The molecule has 2 heterocycles. The molecule has 2 aromatic rings. The molecule has 0 aliphatic carbocycles. The largest absolute Gasteiger partial charge is 0.425 e.